The van der Waals surface area contributed by atoms with Crippen LogP contribution in [0.25, 0.3) is 10.6 Å². The Morgan fingerprint density at radius 1 is 1.45 bits per heavy atom. The van der Waals surface area contributed by atoms with E-state index in [4.69, 9.17) is 9.72 Å². The number of ether oxygens (including phenoxy) is 1. The lowest BCUT2D eigenvalue weighted by atomic mass is 9.98. The lowest BCUT2D eigenvalue weighted by Gasteiger charge is -2.19. The number of hydrogen-bond donors (Lipinski definition) is 1. The molecule has 1 aromatic heterocycles. The van der Waals surface area contributed by atoms with Crippen LogP contribution in [-0.2, 0) is 6.42 Å². The van der Waals surface area contributed by atoms with Crippen LogP contribution in [0, 0.1) is 0 Å². The SMILES string of the molecule is CNC1CCCc2sc(-c3ccc(OC)c(Br)c3)nc21. The van der Waals surface area contributed by atoms with Gasteiger partial charge in [0, 0.05) is 10.4 Å². The van der Waals surface area contributed by atoms with Crippen LogP contribution in [-0.4, -0.2) is 19.1 Å². The summed E-state index contributed by atoms with van der Waals surface area (Å²) in [5, 5.41) is 4.47. The predicted molar refractivity (Wildman–Crippen MR) is 86.5 cm³/mol. The molecule has 0 aliphatic heterocycles. The van der Waals surface area contributed by atoms with Gasteiger partial charge in [0.25, 0.3) is 0 Å². The zero-order valence-electron chi connectivity index (χ0n) is 11.6. The maximum Gasteiger partial charge on any atom is 0.133 e. The third-order valence-electron chi connectivity index (χ3n) is 3.70. The van der Waals surface area contributed by atoms with E-state index in [0.717, 1.165) is 27.2 Å². The highest BCUT2D eigenvalue weighted by atomic mass is 79.9. The molecule has 0 bridgehead atoms. The van der Waals surface area contributed by atoms with E-state index in [2.05, 4.69) is 33.4 Å². The maximum atomic E-state index is 5.28. The second kappa shape index (κ2) is 5.84. The van der Waals surface area contributed by atoms with E-state index in [1.807, 2.05) is 24.5 Å². The van der Waals surface area contributed by atoms with Gasteiger partial charge in [0.05, 0.1) is 23.3 Å². The average Bonchev–Trinajstić information content (AvgIpc) is 2.91. The van der Waals surface area contributed by atoms with Crippen LogP contribution in [0.4, 0.5) is 0 Å². The fraction of sp³-hybridized carbons (Fsp3) is 0.400. The molecule has 1 atom stereocenters. The zero-order chi connectivity index (χ0) is 14.1. The van der Waals surface area contributed by atoms with E-state index in [-0.39, 0.29) is 0 Å². The van der Waals surface area contributed by atoms with E-state index >= 15 is 0 Å². The number of aromatic nitrogens is 1. The van der Waals surface area contributed by atoms with E-state index in [1.54, 1.807) is 7.11 Å². The van der Waals surface area contributed by atoms with Gasteiger partial charge < -0.3 is 10.1 Å². The van der Waals surface area contributed by atoms with Crippen LogP contribution in [0.15, 0.2) is 22.7 Å². The molecule has 0 saturated carbocycles. The van der Waals surface area contributed by atoms with Gasteiger partial charge in [-0.15, -0.1) is 11.3 Å². The van der Waals surface area contributed by atoms with Crippen LogP contribution >= 0.6 is 27.3 Å². The number of aryl methyl sites for hydroxylation is 1. The van der Waals surface area contributed by atoms with Crippen molar-refractivity contribution in [3.63, 3.8) is 0 Å². The predicted octanol–water partition coefficient (Wildman–Crippen LogP) is 4.18. The summed E-state index contributed by atoms with van der Waals surface area (Å²) in [4.78, 5) is 6.29. The number of benzene rings is 1. The topological polar surface area (TPSA) is 34.1 Å². The van der Waals surface area contributed by atoms with E-state index in [0.29, 0.717) is 6.04 Å². The Kier molecular flexibility index (Phi) is 4.10. The van der Waals surface area contributed by atoms with Crippen molar-refractivity contribution in [1.82, 2.24) is 10.3 Å². The van der Waals surface area contributed by atoms with Crippen molar-refractivity contribution in [3.05, 3.63) is 33.2 Å². The summed E-state index contributed by atoms with van der Waals surface area (Å²) >= 11 is 5.36. The molecule has 1 unspecified atom stereocenters. The van der Waals surface area contributed by atoms with Gasteiger partial charge in [-0.1, -0.05) is 0 Å². The summed E-state index contributed by atoms with van der Waals surface area (Å²) in [6.07, 6.45) is 3.58. The van der Waals surface area contributed by atoms with Gasteiger partial charge in [-0.2, -0.15) is 0 Å². The molecule has 5 heteroatoms. The highest BCUT2D eigenvalue weighted by molar-refractivity contribution is 9.10. The number of nitrogens with one attached hydrogen (secondary N) is 1. The molecule has 0 spiro atoms. The first-order chi connectivity index (χ1) is 9.72. The molecule has 0 fully saturated rings. The van der Waals surface area contributed by atoms with Gasteiger partial charge in [-0.25, -0.2) is 4.98 Å². The van der Waals surface area contributed by atoms with Crippen molar-refractivity contribution in [3.8, 4) is 16.3 Å². The quantitative estimate of drug-likeness (QED) is 0.899. The molecule has 0 radical (unpaired) electrons. The fourth-order valence-corrected chi connectivity index (χ4v) is 4.32. The zero-order valence-corrected chi connectivity index (χ0v) is 14.0. The van der Waals surface area contributed by atoms with Gasteiger partial charge in [0.1, 0.15) is 10.8 Å². The van der Waals surface area contributed by atoms with Crippen molar-refractivity contribution in [1.29, 1.82) is 0 Å². The standard InChI is InChI=1S/C15H17BrN2OS/c1-17-11-4-3-5-13-14(11)18-15(20-13)9-6-7-12(19-2)10(16)8-9/h6-8,11,17H,3-5H2,1-2H3. The molecule has 1 aliphatic rings. The normalized spacial score (nSPS) is 17.9. The van der Waals surface area contributed by atoms with Crippen LogP contribution in [0.3, 0.4) is 0 Å². The fourth-order valence-electron chi connectivity index (χ4n) is 2.62. The molecule has 20 heavy (non-hydrogen) atoms. The molecular weight excluding hydrogens is 336 g/mol. The summed E-state index contributed by atoms with van der Waals surface area (Å²) in [5.74, 6) is 0.850. The maximum absolute atomic E-state index is 5.28. The number of nitrogens with zero attached hydrogens (tertiary/aromatic N) is 1. The second-order valence-electron chi connectivity index (χ2n) is 4.91. The molecular formula is C15H17BrN2OS. The van der Waals surface area contributed by atoms with Gasteiger partial charge >= 0.3 is 0 Å². The van der Waals surface area contributed by atoms with Crippen LogP contribution in [0.1, 0.15) is 29.5 Å². The Labute approximate surface area is 131 Å². The summed E-state index contributed by atoms with van der Waals surface area (Å²) in [7, 11) is 3.70. The second-order valence-corrected chi connectivity index (χ2v) is 6.85. The van der Waals surface area contributed by atoms with Crippen LogP contribution < -0.4 is 10.1 Å². The molecule has 1 aromatic carbocycles. The van der Waals surface area contributed by atoms with Crippen molar-refractivity contribution in [2.75, 3.05) is 14.2 Å². The molecule has 1 aliphatic carbocycles. The van der Waals surface area contributed by atoms with Crippen molar-refractivity contribution in [2.45, 2.75) is 25.3 Å². The molecule has 106 valence electrons. The number of methoxy groups -OCH3 is 1. The number of thiazole rings is 1. The van der Waals surface area contributed by atoms with Gasteiger partial charge in [-0.05, 0) is 60.4 Å². The minimum atomic E-state index is 0.408. The largest absolute Gasteiger partial charge is 0.496 e. The number of fused-ring (bicyclic) bond motifs is 1. The minimum absolute atomic E-state index is 0.408. The Bertz CT molecular complexity index is 626. The molecule has 1 N–H and O–H groups in total. The van der Waals surface area contributed by atoms with Crippen molar-refractivity contribution >= 4 is 27.3 Å². The molecule has 0 saturated heterocycles. The summed E-state index contributed by atoms with van der Waals surface area (Å²) in [6.45, 7) is 0. The first kappa shape index (κ1) is 14.0. The average molecular weight is 353 g/mol. The Hall–Kier alpha value is -0.910. The van der Waals surface area contributed by atoms with E-state index in [1.165, 1.54) is 23.4 Å². The first-order valence-electron chi connectivity index (χ1n) is 6.73. The van der Waals surface area contributed by atoms with Crippen molar-refractivity contribution < 1.29 is 4.74 Å². The Balaban J connectivity index is 1.99. The molecule has 1 heterocycles. The first-order valence-corrected chi connectivity index (χ1v) is 8.34. The minimum Gasteiger partial charge on any atom is -0.496 e. The van der Waals surface area contributed by atoms with E-state index < -0.39 is 0 Å². The van der Waals surface area contributed by atoms with Crippen LogP contribution in [0.5, 0.6) is 5.75 Å². The highest BCUT2D eigenvalue weighted by Crippen LogP contribution is 2.38. The van der Waals surface area contributed by atoms with E-state index in [9.17, 15) is 0 Å². The lowest BCUT2D eigenvalue weighted by molar-refractivity contribution is 0.412. The monoisotopic (exact) mass is 352 g/mol. The highest BCUT2D eigenvalue weighted by Gasteiger charge is 2.23. The van der Waals surface area contributed by atoms with Crippen molar-refractivity contribution in [2.24, 2.45) is 0 Å². The molecule has 3 rings (SSSR count). The van der Waals surface area contributed by atoms with Gasteiger partial charge in [0.2, 0.25) is 0 Å². The molecule has 3 nitrogen and oxygen atoms in total. The summed E-state index contributed by atoms with van der Waals surface area (Å²) in [6, 6.07) is 6.54. The Morgan fingerprint density at radius 3 is 3.00 bits per heavy atom. The third-order valence-corrected chi connectivity index (χ3v) is 5.50. The Morgan fingerprint density at radius 2 is 2.30 bits per heavy atom. The lowest BCUT2D eigenvalue weighted by Crippen LogP contribution is -2.21. The van der Waals surface area contributed by atoms with Crippen LogP contribution in [0.2, 0.25) is 0 Å². The third kappa shape index (κ3) is 2.50. The smallest absolute Gasteiger partial charge is 0.133 e. The number of hydrogen-bond acceptors (Lipinski definition) is 4. The molecule has 0 amide bonds. The van der Waals surface area contributed by atoms with Gasteiger partial charge in [-0.3, -0.25) is 0 Å². The number of rotatable bonds is 3. The summed E-state index contributed by atoms with van der Waals surface area (Å²) < 4.78 is 6.25. The number of halogens is 1. The summed E-state index contributed by atoms with van der Waals surface area (Å²) in [5.41, 5.74) is 2.39. The molecule has 2 aromatic rings. The van der Waals surface area contributed by atoms with Gasteiger partial charge in [0.15, 0.2) is 0 Å².